The number of rotatable bonds is 3. The molecule has 0 radical (unpaired) electrons. The average Bonchev–Trinajstić information content (AvgIpc) is 3.07. The highest BCUT2D eigenvalue weighted by atomic mass is 32.1. The summed E-state index contributed by atoms with van der Waals surface area (Å²) in [5, 5.41) is 7.38. The van der Waals surface area contributed by atoms with E-state index in [4.69, 9.17) is 12.2 Å². The van der Waals surface area contributed by atoms with Crippen LogP contribution in [0.15, 0.2) is 24.3 Å². The van der Waals surface area contributed by atoms with E-state index >= 15 is 0 Å². The molecule has 5 heteroatoms. The minimum atomic E-state index is 0.490. The zero-order valence-corrected chi connectivity index (χ0v) is 12.8. The molecule has 3 rings (SSSR count). The second-order valence-corrected chi connectivity index (χ2v) is 5.92. The van der Waals surface area contributed by atoms with Gasteiger partial charge in [0.1, 0.15) is 0 Å². The Bertz CT molecular complexity index is 635. The van der Waals surface area contributed by atoms with Gasteiger partial charge in [0, 0.05) is 18.8 Å². The molecule has 0 unspecified atom stereocenters. The summed E-state index contributed by atoms with van der Waals surface area (Å²) in [4.78, 5) is 2.10. The van der Waals surface area contributed by atoms with Gasteiger partial charge < -0.3 is 4.90 Å². The maximum Gasteiger partial charge on any atom is 0.230 e. The fourth-order valence-corrected chi connectivity index (χ4v) is 3.18. The highest BCUT2D eigenvalue weighted by Gasteiger charge is 2.23. The third-order valence-electron chi connectivity index (χ3n) is 4.10. The number of aromatic amines is 1. The summed E-state index contributed by atoms with van der Waals surface area (Å²) in [7, 11) is 2.04. The highest BCUT2D eigenvalue weighted by molar-refractivity contribution is 7.71. The molecular formula is C15H20N4S. The molecule has 20 heavy (non-hydrogen) atoms. The molecule has 0 spiro atoms. The molecule has 1 aromatic heterocycles. The predicted octanol–water partition coefficient (Wildman–Crippen LogP) is 4.13. The lowest BCUT2D eigenvalue weighted by Gasteiger charge is -2.22. The first-order valence-corrected chi connectivity index (χ1v) is 7.55. The fourth-order valence-electron chi connectivity index (χ4n) is 2.91. The molecule has 0 saturated heterocycles. The van der Waals surface area contributed by atoms with Crippen LogP contribution in [0.1, 0.15) is 37.3 Å². The van der Waals surface area contributed by atoms with E-state index in [-0.39, 0.29) is 0 Å². The maximum atomic E-state index is 5.42. The molecule has 1 N–H and O–H groups in total. The Morgan fingerprint density at radius 2 is 1.90 bits per heavy atom. The van der Waals surface area contributed by atoms with Crippen molar-refractivity contribution < 1.29 is 0 Å². The van der Waals surface area contributed by atoms with Gasteiger partial charge in [0.2, 0.25) is 5.95 Å². The molecule has 0 aliphatic heterocycles. The molecule has 0 amide bonds. The lowest BCUT2D eigenvalue weighted by molar-refractivity contribution is 0.513. The van der Waals surface area contributed by atoms with Crippen LogP contribution < -0.4 is 4.90 Å². The largest absolute Gasteiger partial charge is 0.314 e. The molecule has 1 fully saturated rings. The van der Waals surface area contributed by atoms with E-state index in [1.807, 2.05) is 7.05 Å². The number of aromatic nitrogens is 3. The summed E-state index contributed by atoms with van der Waals surface area (Å²) in [5.74, 6) is 0.908. The van der Waals surface area contributed by atoms with E-state index in [0.29, 0.717) is 6.04 Å². The van der Waals surface area contributed by atoms with Crippen molar-refractivity contribution in [2.24, 2.45) is 0 Å². The van der Waals surface area contributed by atoms with Crippen LogP contribution in [0, 0.1) is 11.7 Å². The minimum absolute atomic E-state index is 0.490. The molecule has 1 saturated carbocycles. The molecule has 1 aliphatic carbocycles. The summed E-state index contributed by atoms with van der Waals surface area (Å²) in [5.41, 5.74) is 2.39. The number of anilines is 2. The highest BCUT2D eigenvalue weighted by Crippen LogP contribution is 2.34. The van der Waals surface area contributed by atoms with E-state index in [1.165, 1.54) is 31.2 Å². The summed E-state index contributed by atoms with van der Waals surface area (Å²) in [6, 6.07) is 8.96. The van der Waals surface area contributed by atoms with Crippen LogP contribution >= 0.6 is 12.2 Å². The summed E-state index contributed by atoms with van der Waals surface area (Å²) in [6.45, 7) is 2.10. The van der Waals surface area contributed by atoms with E-state index in [1.54, 1.807) is 0 Å². The maximum absolute atomic E-state index is 5.42. The Kier molecular flexibility index (Phi) is 3.61. The number of hydrogen-bond acceptors (Lipinski definition) is 3. The van der Waals surface area contributed by atoms with E-state index in [2.05, 4.69) is 50.9 Å². The van der Waals surface area contributed by atoms with Crippen molar-refractivity contribution in [1.82, 2.24) is 14.8 Å². The zero-order chi connectivity index (χ0) is 14.1. The fraction of sp³-hybridized carbons (Fsp3) is 0.467. The van der Waals surface area contributed by atoms with Gasteiger partial charge in [0.25, 0.3) is 0 Å². The third-order valence-corrected chi connectivity index (χ3v) is 4.38. The lowest BCUT2D eigenvalue weighted by Crippen LogP contribution is -2.18. The topological polar surface area (TPSA) is 36.9 Å². The molecular weight excluding hydrogens is 268 g/mol. The Labute approximate surface area is 124 Å². The second kappa shape index (κ2) is 5.40. The van der Waals surface area contributed by atoms with E-state index in [9.17, 15) is 0 Å². The van der Waals surface area contributed by atoms with Gasteiger partial charge in [-0.1, -0.05) is 30.5 Å². The van der Waals surface area contributed by atoms with Crippen molar-refractivity contribution in [3.05, 3.63) is 34.6 Å². The van der Waals surface area contributed by atoms with Crippen molar-refractivity contribution in [3.63, 3.8) is 0 Å². The molecule has 2 aromatic rings. The number of nitrogens with zero attached hydrogens (tertiary/aromatic N) is 3. The van der Waals surface area contributed by atoms with Gasteiger partial charge in [0.05, 0.1) is 0 Å². The molecule has 4 nitrogen and oxygen atoms in total. The third kappa shape index (κ3) is 2.38. The summed E-state index contributed by atoms with van der Waals surface area (Å²) < 4.78 is 2.91. The van der Waals surface area contributed by atoms with E-state index < -0.39 is 0 Å². The number of benzene rings is 1. The first kappa shape index (κ1) is 13.4. The smallest absolute Gasteiger partial charge is 0.230 e. The van der Waals surface area contributed by atoms with Crippen LogP contribution in [-0.4, -0.2) is 21.8 Å². The predicted molar refractivity (Wildman–Crippen MR) is 84.2 cm³/mol. The van der Waals surface area contributed by atoms with Crippen LogP contribution in [0.3, 0.4) is 0 Å². The Morgan fingerprint density at radius 1 is 1.25 bits per heavy atom. The van der Waals surface area contributed by atoms with Gasteiger partial charge in [-0.2, -0.15) is 0 Å². The van der Waals surface area contributed by atoms with Crippen molar-refractivity contribution in [2.45, 2.75) is 38.6 Å². The van der Waals surface area contributed by atoms with Gasteiger partial charge in [-0.05, 0) is 44.1 Å². The summed E-state index contributed by atoms with van der Waals surface area (Å²) in [6.07, 6.45) is 4.96. The summed E-state index contributed by atoms with van der Waals surface area (Å²) >= 11 is 5.42. The van der Waals surface area contributed by atoms with Crippen molar-refractivity contribution in [3.8, 4) is 0 Å². The number of H-pyrrole nitrogens is 1. The van der Waals surface area contributed by atoms with Gasteiger partial charge in [0.15, 0.2) is 4.77 Å². The molecule has 106 valence electrons. The van der Waals surface area contributed by atoms with Crippen LogP contribution in [0.4, 0.5) is 11.6 Å². The quantitative estimate of drug-likeness (QED) is 0.863. The van der Waals surface area contributed by atoms with Gasteiger partial charge >= 0.3 is 0 Å². The van der Waals surface area contributed by atoms with Crippen LogP contribution in [0.25, 0.3) is 0 Å². The van der Waals surface area contributed by atoms with E-state index in [0.717, 1.165) is 16.4 Å². The molecule has 0 bridgehead atoms. The zero-order valence-electron chi connectivity index (χ0n) is 12.0. The minimum Gasteiger partial charge on any atom is -0.314 e. The molecule has 1 heterocycles. The normalized spacial score (nSPS) is 15.7. The van der Waals surface area contributed by atoms with Crippen molar-refractivity contribution >= 4 is 23.9 Å². The molecule has 1 aliphatic rings. The average molecular weight is 288 g/mol. The van der Waals surface area contributed by atoms with Gasteiger partial charge in [-0.25, -0.2) is 5.10 Å². The van der Waals surface area contributed by atoms with Crippen LogP contribution in [0.5, 0.6) is 0 Å². The standard InChI is InChI=1S/C15H20N4S/c1-11-7-9-12(10-8-11)18(2)14-16-17-15(20)19(14)13-5-3-4-6-13/h7-10,13H,3-6H2,1-2H3,(H,17,20). The lowest BCUT2D eigenvalue weighted by atomic mass is 10.2. The number of nitrogens with one attached hydrogen (secondary N) is 1. The van der Waals surface area contributed by atoms with Crippen LogP contribution in [0.2, 0.25) is 0 Å². The second-order valence-electron chi connectivity index (χ2n) is 5.53. The number of hydrogen-bond donors (Lipinski definition) is 1. The Hall–Kier alpha value is -1.62. The Morgan fingerprint density at radius 3 is 2.55 bits per heavy atom. The molecule has 0 atom stereocenters. The Balaban J connectivity index is 1.97. The number of aryl methyl sites for hydroxylation is 1. The van der Waals surface area contributed by atoms with Gasteiger partial charge in [-0.15, -0.1) is 5.10 Å². The molecule has 1 aromatic carbocycles. The van der Waals surface area contributed by atoms with Crippen molar-refractivity contribution in [1.29, 1.82) is 0 Å². The van der Waals surface area contributed by atoms with Gasteiger partial charge in [-0.3, -0.25) is 4.57 Å². The first-order chi connectivity index (χ1) is 9.66. The SMILES string of the molecule is Cc1ccc(N(C)c2n[nH]c(=S)n2C2CCCC2)cc1. The first-order valence-electron chi connectivity index (χ1n) is 7.14. The van der Waals surface area contributed by atoms with Crippen molar-refractivity contribution in [2.75, 3.05) is 11.9 Å². The monoisotopic (exact) mass is 288 g/mol. The van der Waals surface area contributed by atoms with Crippen LogP contribution in [-0.2, 0) is 0 Å².